The molecule has 1 heterocycles. The molecular weight excluding hydrogens is 398 g/mol. The highest BCUT2D eigenvalue weighted by Gasteiger charge is 2.18. The lowest BCUT2D eigenvalue weighted by Gasteiger charge is -2.11. The molecule has 1 aromatic heterocycles. The summed E-state index contributed by atoms with van der Waals surface area (Å²) in [6, 6.07) is 23.5. The van der Waals surface area contributed by atoms with Crippen LogP contribution in [-0.2, 0) is 4.74 Å². The van der Waals surface area contributed by atoms with Gasteiger partial charge in [0.1, 0.15) is 0 Å². The van der Waals surface area contributed by atoms with Crippen LogP contribution in [0, 0.1) is 6.92 Å². The predicted molar refractivity (Wildman–Crippen MR) is 118 cm³/mol. The van der Waals surface area contributed by atoms with E-state index < -0.39 is 5.97 Å². The van der Waals surface area contributed by atoms with E-state index >= 15 is 0 Å². The van der Waals surface area contributed by atoms with Crippen molar-refractivity contribution in [1.29, 1.82) is 0 Å². The third kappa shape index (κ3) is 4.09. The molecule has 3 aromatic carbocycles. The normalized spacial score (nSPS) is 10.7. The first-order valence-corrected chi connectivity index (χ1v) is 9.82. The van der Waals surface area contributed by atoms with Crippen molar-refractivity contribution in [2.24, 2.45) is 0 Å². The maximum Gasteiger partial charge on any atom is 0.339 e. The topological polar surface area (TPSA) is 56.3 Å². The van der Waals surface area contributed by atoms with Crippen LogP contribution in [0.15, 0.2) is 78.9 Å². The van der Waals surface area contributed by atoms with Crippen molar-refractivity contribution in [1.82, 2.24) is 4.98 Å². The minimum Gasteiger partial charge on any atom is -0.454 e. The Hall–Kier alpha value is -3.50. The molecule has 0 spiro atoms. The highest BCUT2D eigenvalue weighted by molar-refractivity contribution is 6.30. The monoisotopic (exact) mass is 415 g/mol. The maximum absolute atomic E-state index is 12.9. The Balaban J connectivity index is 1.66. The summed E-state index contributed by atoms with van der Waals surface area (Å²) < 4.78 is 5.36. The molecule has 0 aliphatic heterocycles. The minimum atomic E-state index is -0.563. The average Bonchev–Trinajstić information content (AvgIpc) is 2.78. The van der Waals surface area contributed by atoms with E-state index in [0.29, 0.717) is 27.2 Å². The largest absolute Gasteiger partial charge is 0.454 e. The van der Waals surface area contributed by atoms with Crippen molar-refractivity contribution in [2.75, 3.05) is 6.61 Å². The summed E-state index contributed by atoms with van der Waals surface area (Å²) in [5.41, 5.74) is 4.08. The fourth-order valence-electron chi connectivity index (χ4n) is 3.25. The number of carbonyl (C=O) groups excluding carboxylic acids is 2. The first-order valence-electron chi connectivity index (χ1n) is 9.44. The Morgan fingerprint density at radius 3 is 2.40 bits per heavy atom. The van der Waals surface area contributed by atoms with Crippen molar-refractivity contribution in [3.05, 3.63) is 101 Å². The molecule has 0 radical (unpaired) electrons. The van der Waals surface area contributed by atoms with Gasteiger partial charge >= 0.3 is 5.97 Å². The second kappa shape index (κ2) is 8.47. The molecule has 0 aliphatic carbocycles. The van der Waals surface area contributed by atoms with Crippen LogP contribution in [0.4, 0.5) is 0 Å². The molecule has 5 heteroatoms. The van der Waals surface area contributed by atoms with E-state index in [2.05, 4.69) is 0 Å². The number of halogens is 1. The number of rotatable bonds is 5. The molecule has 148 valence electrons. The average molecular weight is 416 g/mol. The SMILES string of the molecule is Cc1cccc2c(C(=O)OCC(=O)c3ccc(Cl)cc3)cc(-c3ccccc3)nc12. The lowest BCUT2D eigenvalue weighted by Crippen LogP contribution is -2.15. The van der Waals surface area contributed by atoms with E-state index in [1.165, 1.54) is 0 Å². The quantitative estimate of drug-likeness (QED) is 0.300. The van der Waals surface area contributed by atoms with Crippen molar-refractivity contribution >= 4 is 34.3 Å². The first kappa shape index (κ1) is 19.8. The molecule has 0 atom stereocenters. The number of esters is 1. The number of benzene rings is 3. The van der Waals surface area contributed by atoms with Gasteiger partial charge in [0.15, 0.2) is 12.4 Å². The van der Waals surface area contributed by atoms with Crippen LogP contribution in [0.5, 0.6) is 0 Å². The number of hydrogen-bond acceptors (Lipinski definition) is 4. The minimum absolute atomic E-state index is 0.294. The molecule has 0 fully saturated rings. The van der Waals surface area contributed by atoms with Gasteiger partial charge in [0.25, 0.3) is 0 Å². The lowest BCUT2D eigenvalue weighted by atomic mass is 10.0. The van der Waals surface area contributed by atoms with Crippen LogP contribution in [0.2, 0.25) is 5.02 Å². The number of aromatic nitrogens is 1. The second-order valence-corrected chi connectivity index (χ2v) is 7.33. The fraction of sp³-hybridized carbons (Fsp3) is 0.0800. The number of hydrogen-bond donors (Lipinski definition) is 0. The van der Waals surface area contributed by atoms with Crippen molar-refractivity contribution in [3.8, 4) is 11.3 Å². The highest BCUT2D eigenvalue weighted by Crippen LogP contribution is 2.27. The third-order valence-electron chi connectivity index (χ3n) is 4.83. The number of Topliss-reactive ketones (excluding diaryl/α,β-unsaturated/α-hetero) is 1. The van der Waals surface area contributed by atoms with Gasteiger partial charge in [-0.15, -0.1) is 0 Å². The molecule has 0 aliphatic rings. The Kier molecular flexibility index (Phi) is 5.59. The molecule has 30 heavy (non-hydrogen) atoms. The smallest absolute Gasteiger partial charge is 0.339 e. The van der Waals surface area contributed by atoms with Gasteiger partial charge in [-0.1, -0.05) is 60.1 Å². The molecule has 4 aromatic rings. The Morgan fingerprint density at radius 2 is 1.67 bits per heavy atom. The number of ketones is 1. The molecule has 0 bridgehead atoms. The van der Waals surface area contributed by atoms with E-state index in [4.69, 9.17) is 21.3 Å². The van der Waals surface area contributed by atoms with Crippen molar-refractivity contribution in [3.63, 3.8) is 0 Å². The Labute approximate surface area is 179 Å². The molecule has 0 N–H and O–H groups in total. The van der Waals surface area contributed by atoms with Gasteiger partial charge in [-0.2, -0.15) is 0 Å². The van der Waals surface area contributed by atoms with Crippen LogP contribution in [-0.4, -0.2) is 23.3 Å². The van der Waals surface area contributed by atoms with Gasteiger partial charge < -0.3 is 4.74 Å². The summed E-state index contributed by atoms with van der Waals surface area (Å²) in [7, 11) is 0. The number of fused-ring (bicyclic) bond motifs is 1. The molecular formula is C25H18ClNO3. The van der Waals surface area contributed by atoms with Gasteiger partial charge in [-0.25, -0.2) is 9.78 Å². The summed E-state index contributed by atoms with van der Waals surface area (Å²) in [6.45, 7) is 1.60. The van der Waals surface area contributed by atoms with Crippen molar-refractivity contribution < 1.29 is 14.3 Å². The van der Waals surface area contributed by atoms with Gasteiger partial charge in [0, 0.05) is 21.5 Å². The van der Waals surface area contributed by atoms with E-state index in [0.717, 1.165) is 16.6 Å². The van der Waals surface area contributed by atoms with Crippen LogP contribution < -0.4 is 0 Å². The number of para-hydroxylation sites is 1. The zero-order valence-corrected chi connectivity index (χ0v) is 17.0. The molecule has 4 rings (SSSR count). The number of nitrogens with zero attached hydrogens (tertiary/aromatic N) is 1. The summed E-state index contributed by atoms with van der Waals surface area (Å²) >= 11 is 5.85. The molecule has 0 saturated carbocycles. The summed E-state index contributed by atoms with van der Waals surface area (Å²) in [4.78, 5) is 30.0. The molecule has 4 nitrogen and oxygen atoms in total. The third-order valence-corrected chi connectivity index (χ3v) is 5.08. The van der Waals surface area contributed by atoms with E-state index in [-0.39, 0.29) is 12.4 Å². The Morgan fingerprint density at radius 1 is 0.933 bits per heavy atom. The van der Waals surface area contributed by atoms with Crippen LogP contribution >= 0.6 is 11.6 Å². The van der Waals surface area contributed by atoms with E-state index in [1.807, 2.05) is 55.5 Å². The van der Waals surface area contributed by atoms with E-state index in [9.17, 15) is 9.59 Å². The standard InChI is InChI=1S/C25H18ClNO3/c1-16-6-5-9-20-21(14-22(27-24(16)20)17-7-3-2-4-8-17)25(29)30-15-23(28)18-10-12-19(26)13-11-18/h2-14H,15H2,1H3. The van der Waals surface area contributed by atoms with Gasteiger partial charge in [-0.05, 0) is 42.8 Å². The summed E-state index contributed by atoms with van der Waals surface area (Å²) in [5.74, 6) is -0.856. The Bertz CT molecular complexity index is 1230. The zero-order chi connectivity index (χ0) is 21.1. The number of aryl methyl sites for hydroxylation is 1. The number of carbonyl (C=O) groups is 2. The van der Waals surface area contributed by atoms with Crippen molar-refractivity contribution in [2.45, 2.75) is 6.92 Å². The highest BCUT2D eigenvalue weighted by atomic mass is 35.5. The van der Waals surface area contributed by atoms with Crippen LogP contribution in [0.3, 0.4) is 0 Å². The zero-order valence-electron chi connectivity index (χ0n) is 16.3. The second-order valence-electron chi connectivity index (χ2n) is 6.90. The fourth-order valence-corrected chi connectivity index (χ4v) is 3.37. The molecule has 0 saturated heterocycles. The maximum atomic E-state index is 12.9. The van der Waals surface area contributed by atoms with Gasteiger partial charge in [-0.3, -0.25) is 4.79 Å². The van der Waals surface area contributed by atoms with Gasteiger partial charge in [0.05, 0.1) is 16.8 Å². The summed E-state index contributed by atoms with van der Waals surface area (Å²) in [5, 5.41) is 1.23. The van der Waals surface area contributed by atoms with Gasteiger partial charge in [0.2, 0.25) is 0 Å². The molecule has 0 amide bonds. The lowest BCUT2D eigenvalue weighted by molar-refractivity contribution is 0.0476. The number of pyridine rings is 1. The first-order chi connectivity index (χ1) is 14.5. The summed E-state index contributed by atoms with van der Waals surface area (Å²) in [6.07, 6.45) is 0. The van der Waals surface area contributed by atoms with E-state index in [1.54, 1.807) is 30.3 Å². The number of ether oxygens (including phenoxy) is 1. The predicted octanol–water partition coefficient (Wildman–Crippen LogP) is 5.90. The van der Waals surface area contributed by atoms with Crippen LogP contribution in [0.1, 0.15) is 26.3 Å². The van der Waals surface area contributed by atoms with Crippen LogP contribution in [0.25, 0.3) is 22.2 Å². The molecule has 0 unspecified atom stereocenters.